The summed E-state index contributed by atoms with van der Waals surface area (Å²) in [6.45, 7) is 0.118. The maximum atomic E-state index is 11.1. The van der Waals surface area contributed by atoms with E-state index in [1.54, 1.807) is 0 Å². The molecule has 0 N–H and O–H groups in total. The minimum absolute atomic E-state index is 0.0420. The molecule has 2 saturated heterocycles. The molecular weight excluding hydrogens is 260 g/mol. The first-order chi connectivity index (χ1) is 8.64. The van der Waals surface area contributed by atoms with Crippen LogP contribution in [-0.2, 0) is 28.2 Å². The number of hydrogen-bond donors (Lipinski definition) is 0. The standard InChI is InChI=1S/C11H12O6S/c12-18(13)15-7-9-10(17-18)6-14-11(16-9)8-4-2-1-3-5-8/h1-5,9-11H,6-7H2/t9-,10?,11?/m1/s1. The summed E-state index contributed by atoms with van der Waals surface area (Å²) in [5.74, 6) is 0. The Bertz CT molecular complexity index is 514. The highest BCUT2D eigenvalue weighted by atomic mass is 32.3. The molecule has 3 atom stereocenters. The van der Waals surface area contributed by atoms with Crippen molar-refractivity contribution in [3.63, 3.8) is 0 Å². The van der Waals surface area contributed by atoms with E-state index >= 15 is 0 Å². The second-order valence-corrected chi connectivity index (χ2v) is 5.32. The van der Waals surface area contributed by atoms with Gasteiger partial charge in [-0.3, -0.25) is 0 Å². The van der Waals surface area contributed by atoms with Gasteiger partial charge >= 0.3 is 10.4 Å². The first-order valence-corrected chi connectivity index (χ1v) is 6.87. The van der Waals surface area contributed by atoms with Crippen LogP contribution in [0.15, 0.2) is 30.3 Å². The second-order valence-electron chi connectivity index (χ2n) is 4.08. The van der Waals surface area contributed by atoms with Gasteiger partial charge in [0.2, 0.25) is 0 Å². The van der Waals surface area contributed by atoms with Gasteiger partial charge in [0.15, 0.2) is 6.29 Å². The van der Waals surface area contributed by atoms with E-state index in [0.717, 1.165) is 5.56 Å². The van der Waals surface area contributed by atoms with Crippen LogP contribution in [0.1, 0.15) is 11.9 Å². The molecule has 0 saturated carbocycles. The molecule has 2 aliphatic rings. The van der Waals surface area contributed by atoms with Crippen molar-refractivity contribution in [3.8, 4) is 0 Å². The number of ether oxygens (including phenoxy) is 2. The summed E-state index contributed by atoms with van der Waals surface area (Å²) in [4.78, 5) is 0. The average molecular weight is 272 g/mol. The van der Waals surface area contributed by atoms with Crippen LogP contribution in [0.3, 0.4) is 0 Å². The predicted molar refractivity (Wildman–Crippen MR) is 59.8 cm³/mol. The number of benzene rings is 1. The molecule has 2 heterocycles. The lowest BCUT2D eigenvalue weighted by atomic mass is 10.1. The van der Waals surface area contributed by atoms with Crippen LogP contribution in [0.25, 0.3) is 0 Å². The molecule has 0 spiro atoms. The molecule has 0 aliphatic carbocycles. The van der Waals surface area contributed by atoms with E-state index in [0.29, 0.717) is 0 Å². The fourth-order valence-corrected chi connectivity index (χ4v) is 2.76. The van der Waals surface area contributed by atoms with Crippen LogP contribution in [0.2, 0.25) is 0 Å². The molecule has 2 fully saturated rings. The number of fused-ring (bicyclic) bond motifs is 1. The molecule has 0 radical (unpaired) electrons. The van der Waals surface area contributed by atoms with E-state index in [1.165, 1.54) is 0 Å². The van der Waals surface area contributed by atoms with Gasteiger partial charge < -0.3 is 9.47 Å². The summed E-state index contributed by atoms with van der Waals surface area (Å²) < 4.78 is 42.6. The average Bonchev–Trinajstić information content (AvgIpc) is 2.38. The van der Waals surface area contributed by atoms with E-state index < -0.39 is 28.9 Å². The zero-order valence-corrected chi connectivity index (χ0v) is 10.2. The second kappa shape index (κ2) is 4.60. The molecule has 2 unspecified atom stereocenters. The summed E-state index contributed by atoms with van der Waals surface area (Å²) in [5.41, 5.74) is 0.879. The SMILES string of the molecule is O=S1(=O)OC[C@H]2OC(c3ccccc3)OCC2O1. The summed E-state index contributed by atoms with van der Waals surface area (Å²) >= 11 is 0. The molecule has 2 aliphatic heterocycles. The van der Waals surface area contributed by atoms with Crippen molar-refractivity contribution in [2.45, 2.75) is 18.5 Å². The molecular formula is C11H12O6S. The van der Waals surface area contributed by atoms with Crippen LogP contribution in [-0.4, -0.2) is 33.8 Å². The third kappa shape index (κ3) is 2.40. The summed E-state index contributed by atoms with van der Waals surface area (Å²) in [6.07, 6.45) is -1.59. The van der Waals surface area contributed by atoms with Gasteiger partial charge in [-0.15, -0.1) is 0 Å². The van der Waals surface area contributed by atoms with E-state index in [9.17, 15) is 8.42 Å². The lowest BCUT2D eigenvalue weighted by Crippen LogP contribution is -2.49. The first-order valence-electron chi connectivity index (χ1n) is 5.54. The zero-order chi connectivity index (χ0) is 12.6. The monoisotopic (exact) mass is 272 g/mol. The molecule has 3 rings (SSSR count). The zero-order valence-electron chi connectivity index (χ0n) is 9.39. The molecule has 7 heteroatoms. The van der Waals surface area contributed by atoms with Crippen LogP contribution in [0, 0.1) is 0 Å². The van der Waals surface area contributed by atoms with Crippen LogP contribution in [0.4, 0.5) is 0 Å². The smallest absolute Gasteiger partial charge is 0.346 e. The van der Waals surface area contributed by atoms with Gasteiger partial charge in [-0.25, -0.2) is 8.37 Å². The Kier molecular flexibility index (Phi) is 3.08. The minimum atomic E-state index is -3.90. The summed E-state index contributed by atoms with van der Waals surface area (Å²) in [7, 11) is -3.90. The molecule has 6 nitrogen and oxygen atoms in total. The van der Waals surface area contributed by atoms with Crippen molar-refractivity contribution in [3.05, 3.63) is 35.9 Å². The Morgan fingerprint density at radius 1 is 1.06 bits per heavy atom. The predicted octanol–water partition coefficient (Wildman–Crippen LogP) is 0.761. The molecule has 1 aromatic carbocycles. The molecule has 0 amide bonds. The van der Waals surface area contributed by atoms with Gasteiger partial charge in [-0.1, -0.05) is 30.3 Å². The minimum Gasteiger partial charge on any atom is -0.346 e. The fraction of sp³-hybridized carbons (Fsp3) is 0.455. The van der Waals surface area contributed by atoms with Crippen molar-refractivity contribution < 1.29 is 26.3 Å². The van der Waals surface area contributed by atoms with E-state index in [-0.39, 0.29) is 13.2 Å². The van der Waals surface area contributed by atoms with Gasteiger partial charge in [0.1, 0.15) is 12.2 Å². The third-order valence-electron chi connectivity index (χ3n) is 2.81. The Hall–Kier alpha value is -0.990. The van der Waals surface area contributed by atoms with Crippen molar-refractivity contribution in [1.29, 1.82) is 0 Å². The van der Waals surface area contributed by atoms with Gasteiger partial charge in [0.25, 0.3) is 0 Å². The Morgan fingerprint density at radius 2 is 1.83 bits per heavy atom. The molecule has 0 bridgehead atoms. The van der Waals surface area contributed by atoms with Crippen molar-refractivity contribution in [2.75, 3.05) is 13.2 Å². The highest BCUT2D eigenvalue weighted by Gasteiger charge is 2.41. The third-order valence-corrected chi connectivity index (χ3v) is 3.72. The largest absolute Gasteiger partial charge is 0.400 e. The number of rotatable bonds is 1. The van der Waals surface area contributed by atoms with Gasteiger partial charge in [0.05, 0.1) is 13.2 Å². The van der Waals surface area contributed by atoms with Crippen molar-refractivity contribution >= 4 is 10.4 Å². The molecule has 1 aromatic rings. The summed E-state index contributed by atoms with van der Waals surface area (Å²) in [5, 5.41) is 0. The Balaban J connectivity index is 1.72. The lowest BCUT2D eigenvalue weighted by molar-refractivity contribution is -0.264. The fourth-order valence-electron chi connectivity index (χ4n) is 1.93. The van der Waals surface area contributed by atoms with Gasteiger partial charge in [0, 0.05) is 5.56 Å². The van der Waals surface area contributed by atoms with E-state index in [4.69, 9.17) is 13.7 Å². The van der Waals surface area contributed by atoms with Gasteiger partial charge in [-0.05, 0) is 0 Å². The van der Waals surface area contributed by atoms with Crippen LogP contribution < -0.4 is 0 Å². The highest BCUT2D eigenvalue weighted by Crippen LogP contribution is 2.30. The quantitative estimate of drug-likeness (QED) is 0.751. The topological polar surface area (TPSA) is 71.1 Å². The summed E-state index contributed by atoms with van der Waals surface area (Å²) in [6, 6.07) is 9.42. The van der Waals surface area contributed by atoms with Crippen LogP contribution >= 0.6 is 0 Å². The lowest BCUT2D eigenvalue weighted by Gasteiger charge is -2.37. The normalized spacial score (nSPS) is 34.8. The maximum absolute atomic E-state index is 11.1. The molecule has 0 aromatic heterocycles. The Labute approximate surface area is 105 Å². The molecule has 98 valence electrons. The van der Waals surface area contributed by atoms with E-state index in [2.05, 4.69) is 4.18 Å². The van der Waals surface area contributed by atoms with Gasteiger partial charge in [-0.2, -0.15) is 8.42 Å². The molecule has 18 heavy (non-hydrogen) atoms. The van der Waals surface area contributed by atoms with Crippen molar-refractivity contribution in [2.24, 2.45) is 0 Å². The Morgan fingerprint density at radius 3 is 2.61 bits per heavy atom. The van der Waals surface area contributed by atoms with Crippen molar-refractivity contribution in [1.82, 2.24) is 0 Å². The van der Waals surface area contributed by atoms with E-state index in [1.807, 2.05) is 30.3 Å². The highest BCUT2D eigenvalue weighted by molar-refractivity contribution is 7.81. The maximum Gasteiger partial charge on any atom is 0.400 e. The van der Waals surface area contributed by atoms with Crippen LogP contribution in [0.5, 0.6) is 0 Å². The number of hydrogen-bond acceptors (Lipinski definition) is 6. The first kappa shape index (κ1) is 12.1.